The Labute approximate surface area is 191 Å². The molecule has 32 heavy (non-hydrogen) atoms. The average Bonchev–Trinajstić information content (AvgIpc) is 3.28. The summed E-state index contributed by atoms with van der Waals surface area (Å²) >= 11 is 0. The van der Waals surface area contributed by atoms with E-state index in [2.05, 4.69) is 87.6 Å². The first-order chi connectivity index (χ1) is 15.5. The van der Waals surface area contributed by atoms with E-state index in [1.54, 1.807) is 0 Å². The maximum Gasteiger partial charge on any atom is 0.211 e. The van der Waals surface area contributed by atoms with Crippen molar-refractivity contribution in [3.63, 3.8) is 0 Å². The SMILES string of the molecule is CC(C)c1cccc(C(C)C)c1NC(=CC1=NC(c2ccccc2)CO1)c1ccccc1. The van der Waals surface area contributed by atoms with Gasteiger partial charge in [-0.05, 0) is 34.1 Å². The highest BCUT2D eigenvalue weighted by atomic mass is 16.5. The quantitative estimate of drug-likeness (QED) is 0.425. The number of anilines is 1. The first-order valence-electron chi connectivity index (χ1n) is 11.5. The molecule has 0 aromatic heterocycles. The second-order valence-corrected chi connectivity index (χ2v) is 8.87. The summed E-state index contributed by atoms with van der Waals surface area (Å²) < 4.78 is 6.00. The van der Waals surface area contributed by atoms with E-state index in [-0.39, 0.29) is 6.04 Å². The summed E-state index contributed by atoms with van der Waals surface area (Å²) in [4.78, 5) is 4.86. The van der Waals surface area contributed by atoms with Crippen molar-refractivity contribution in [2.45, 2.75) is 45.6 Å². The summed E-state index contributed by atoms with van der Waals surface area (Å²) in [5.41, 5.74) is 7.09. The van der Waals surface area contributed by atoms with Crippen LogP contribution in [0.4, 0.5) is 5.69 Å². The third-order valence-corrected chi connectivity index (χ3v) is 5.84. The number of nitrogens with one attached hydrogen (secondary N) is 1. The predicted molar refractivity (Wildman–Crippen MR) is 135 cm³/mol. The molecule has 3 aromatic carbocycles. The highest BCUT2D eigenvalue weighted by molar-refractivity contribution is 5.99. The van der Waals surface area contributed by atoms with Gasteiger partial charge in [0.25, 0.3) is 0 Å². The molecule has 4 rings (SSSR count). The summed E-state index contributed by atoms with van der Waals surface area (Å²) in [6.45, 7) is 9.53. The fourth-order valence-corrected chi connectivity index (χ4v) is 4.08. The van der Waals surface area contributed by atoms with Crippen molar-refractivity contribution in [3.05, 3.63) is 107 Å². The number of para-hydroxylation sites is 1. The molecule has 0 saturated heterocycles. The number of rotatable bonds is 7. The third-order valence-electron chi connectivity index (χ3n) is 5.84. The number of aliphatic imine (C=N–C) groups is 1. The minimum absolute atomic E-state index is 0.0358. The lowest BCUT2D eigenvalue weighted by molar-refractivity contribution is 0.321. The number of hydrogen-bond acceptors (Lipinski definition) is 3. The van der Waals surface area contributed by atoms with Crippen molar-refractivity contribution in [2.24, 2.45) is 4.99 Å². The highest BCUT2D eigenvalue weighted by Crippen LogP contribution is 2.35. The molecular weight excluding hydrogens is 392 g/mol. The van der Waals surface area contributed by atoms with Crippen LogP contribution in [0.5, 0.6) is 0 Å². The van der Waals surface area contributed by atoms with Crippen molar-refractivity contribution in [1.29, 1.82) is 0 Å². The van der Waals surface area contributed by atoms with Crippen molar-refractivity contribution in [2.75, 3.05) is 11.9 Å². The van der Waals surface area contributed by atoms with Crippen LogP contribution in [0.1, 0.15) is 67.8 Å². The first-order valence-corrected chi connectivity index (χ1v) is 11.5. The zero-order chi connectivity index (χ0) is 22.5. The molecule has 0 fully saturated rings. The lowest BCUT2D eigenvalue weighted by atomic mass is 9.92. The number of benzene rings is 3. The summed E-state index contributed by atoms with van der Waals surface area (Å²) in [5.74, 6) is 1.49. The molecule has 3 heteroatoms. The fourth-order valence-electron chi connectivity index (χ4n) is 4.08. The largest absolute Gasteiger partial charge is 0.475 e. The molecule has 0 saturated carbocycles. The summed E-state index contributed by atoms with van der Waals surface area (Å²) in [6.07, 6.45) is 2.04. The molecule has 164 valence electrons. The van der Waals surface area contributed by atoms with Gasteiger partial charge in [-0.15, -0.1) is 0 Å². The van der Waals surface area contributed by atoms with Crippen molar-refractivity contribution >= 4 is 17.3 Å². The molecule has 1 N–H and O–H groups in total. The molecule has 0 spiro atoms. The predicted octanol–water partition coefficient (Wildman–Crippen LogP) is 7.56. The van der Waals surface area contributed by atoms with Crippen LogP contribution in [0.25, 0.3) is 5.70 Å². The Morgan fingerprint density at radius 3 is 2.03 bits per heavy atom. The Morgan fingerprint density at radius 2 is 1.44 bits per heavy atom. The smallest absolute Gasteiger partial charge is 0.211 e. The molecule has 1 atom stereocenters. The van der Waals surface area contributed by atoms with Gasteiger partial charge in [-0.25, -0.2) is 4.99 Å². The fraction of sp³-hybridized carbons (Fsp3) is 0.276. The van der Waals surface area contributed by atoms with E-state index in [9.17, 15) is 0 Å². The van der Waals surface area contributed by atoms with Gasteiger partial charge in [-0.1, -0.05) is 107 Å². The Hall–Kier alpha value is -3.33. The van der Waals surface area contributed by atoms with E-state index in [1.165, 1.54) is 22.4 Å². The van der Waals surface area contributed by atoms with Gasteiger partial charge in [0, 0.05) is 11.8 Å². The van der Waals surface area contributed by atoms with Crippen LogP contribution in [-0.2, 0) is 4.74 Å². The van der Waals surface area contributed by atoms with Crippen LogP contribution in [0, 0.1) is 0 Å². The van der Waals surface area contributed by atoms with E-state index >= 15 is 0 Å². The Morgan fingerprint density at radius 1 is 0.844 bits per heavy atom. The van der Waals surface area contributed by atoms with Crippen LogP contribution in [0.15, 0.2) is 89.9 Å². The normalized spacial score (nSPS) is 16.2. The van der Waals surface area contributed by atoms with Gasteiger partial charge >= 0.3 is 0 Å². The number of ether oxygens (including phenoxy) is 1. The number of hydrogen-bond donors (Lipinski definition) is 1. The number of nitrogens with zero attached hydrogens (tertiary/aromatic N) is 1. The van der Waals surface area contributed by atoms with E-state index in [1.807, 2.05) is 30.3 Å². The minimum Gasteiger partial charge on any atom is -0.475 e. The minimum atomic E-state index is 0.0358. The summed E-state index contributed by atoms with van der Waals surface area (Å²) in [7, 11) is 0. The van der Waals surface area contributed by atoms with Crippen molar-refractivity contribution < 1.29 is 4.74 Å². The van der Waals surface area contributed by atoms with Gasteiger partial charge in [0.05, 0.1) is 5.70 Å². The van der Waals surface area contributed by atoms with Gasteiger partial charge in [0.15, 0.2) is 0 Å². The van der Waals surface area contributed by atoms with Crippen molar-refractivity contribution in [3.8, 4) is 0 Å². The van der Waals surface area contributed by atoms with Crippen LogP contribution < -0.4 is 5.32 Å². The molecule has 0 amide bonds. The molecule has 0 radical (unpaired) electrons. The molecule has 0 aliphatic carbocycles. The second kappa shape index (κ2) is 9.86. The second-order valence-electron chi connectivity index (χ2n) is 8.87. The van der Waals surface area contributed by atoms with Gasteiger partial charge < -0.3 is 10.1 Å². The molecule has 0 bridgehead atoms. The van der Waals surface area contributed by atoms with E-state index < -0.39 is 0 Å². The Balaban J connectivity index is 1.74. The van der Waals surface area contributed by atoms with Crippen LogP contribution in [0.3, 0.4) is 0 Å². The highest BCUT2D eigenvalue weighted by Gasteiger charge is 2.21. The zero-order valence-corrected chi connectivity index (χ0v) is 19.4. The molecule has 1 unspecified atom stereocenters. The first kappa shape index (κ1) is 21.9. The third kappa shape index (κ3) is 4.94. The molecule has 1 aliphatic heterocycles. The van der Waals surface area contributed by atoms with Gasteiger partial charge in [0.1, 0.15) is 12.6 Å². The lowest BCUT2D eigenvalue weighted by Gasteiger charge is -2.22. The maximum atomic E-state index is 6.00. The van der Waals surface area contributed by atoms with E-state index in [0.717, 1.165) is 11.3 Å². The molecule has 1 heterocycles. The Bertz CT molecular complexity index is 1070. The maximum absolute atomic E-state index is 6.00. The van der Waals surface area contributed by atoms with Gasteiger partial charge in [-0.2, -0.15) is 0 Å². The van der Waals surface area contributed by atoms with E-state index in [4.69, 9.17) is 9.73 Å². The molecular formula is C29H32N2O. The monoisotopic (exact) mass is 424 g/mol. The lowest BCUT2D eigenvalue weighted by Crippen LogP contribution is -2.09. The standard InChI is InChI=1S/C29H32N2O/c1-20(2)24-16-11-17-25(21(3)4)29(24)31-26(22-12-7-5-8-13-22)18-28-30-27(19-32-28)23-14-9-6-10-15-23/h5-18,20-21,27,31H,19H2,1-4H3. The van der Waals surface area contributed by atoms with Crippen molar-refractivity contribution in [1.82, 2.24) is 0 Å². The van der Waals surface area contributed by atoms with Crippen LogP contribution >= 0.6 is 0 Å². The molecule has 3 aromatic rings. The topological polar surface area (TPSA) is 33.6 Å². The average molecular weight is 425 g/mol. The summed E-state index contributed by atoms with van der Waals surface area (Å²) in [6, 6.07) is 27.4. The zero-order valence-electron chi connectivity index (χ0n) is 19.4. The molecule has 3 nitrogen and oxygen atoms in total. The Kier molecular flexibility index (Phi) is 6.75. The molecule has 1 aliphatic rings. The van der Waals surface area contributed by atoms with Gasteiger partial charge in [-0.3, -0.25) is 0 Å². The van der Waals surface area contributed by atoms with Gasteiger partial charge in [0.2, 0.25) is 5.90 Å². The van der Waals surface area contributed by atoms with E-state index in [0.29, 0.717) is 24.3 Å². The van der Waals surface area contributed by atoms with Crippen LogP contribution in [-0.4, -0.2) is 12.5 Å². The summed E-state index contributed by atoms with van der Waals surface area (Å²) in [5, 5.41) is 3.78. The van der Waals surface area contributed by atoms with Crippen LogP contribution in [0.2, 0.25) is 0 Å².